The van der Waals surface area contributed by atoms with Gasteiger partial charge in [-0.15, -0.1) is 0 Å². The summed E-state index contributed by atoms with van der Waals surface area (Å²) in [6.45, 7) is 8.72. The Hall–Kier alpha value is -1.11. The number of hydrogen-bond acceptors (Lipinski definition) is 4. The molecule has 0 atom stereocenters. The second-order valence-corrected chi connectivity index (χ2v) is 8.99. The topological polar surface area (TPSA) is 66.5 Å². The first-order valence-electron chi connectivity index (χ1n) is 7.55. The molecular weight excluding hydrogens is 336 g/mol. The van der Waals surface area contributed by atoms with Gasteiger partial charge in [-0.1, -0.05) is 18.5 Å². The number of nitrogens with zero attached hydrogens (tertiary/aromatic N) is 1. The van der Waals surface area contributed by atoms with Crippen molar-refractivity contribution in [3.05, 3.63) is 29.3 Å². The number of carbonyl (C=O) groups excluding carboxylic acids is 1. The highest BCUT2D eigenvalue weighted by molar-refractivity contribution is 7.91. The zero-order chi connectivity index (χ0) is 17.7. The number of sulfone groups is 1. The first-order valence-corrected chi connectivity index (χ1v) is 9.58. The van der Waals surface area contributed by atoms with Crippen molar-refractivity contribution in [2.75, 3.05) is 25.4 Å². The molecule has 1 aromatic carbocycles. The van der Waals surface area contributed by atoms with Gasteiger partial charge < -0.3 is 5.32 Å². The molecule has 23 heavy (non-hydrogen) atoms. The second-order valence-electron chi connectivity index (χ2n) is 6.44. The lowest BCUT2D eigenvalue weighted by molar-refractivity contribution is -0.123. The summed E-state index contributed by atoms with van der Waals surface area (Å²) in [5.41, 5.74) is -0.300. The third kappa shape index (κ3) is 7.33. The number of rotatable bonds is 7. The maximum absolute atomic E-state index is 12.3. The van der Waals surface area contributed by atoms with Crippen molar-refractivity contribution in [1.82, 2.24) is 10.2 Å². The van der Waals surface area contributed by atoms with Crippen LogP contribution in [0.25, 0.3) is 0 Å². The van der Waals surface area contributed by atoms with E-state index >= 15 is 0 Å². The predicted octanol–water partition coefficient (Wildman–Crippen LogP) is 2.35. The maximum Gasteiger partial charge on any atom is 0.234 e. The number of nitrogens with one attached hydrogen (secondary N) is 1. The van der Waals surface area contributed by atoms with E-state index < -0.39 is 9.84 Å². The van der Waals surface area contributed by atoms with E-state index in [0.29, 0.717) is 18.1 Å². The highest BCUT2D eigenvalue weighted by Gasteiger charge is 2.19. The highest BCUT2D eigenvalue weighted by Crippen LogP contribution is 2.15. The number of benzene rings is 1. The molecule has 0 heterocycles. The Bertz CT molecular complexity index is 622. The second kappa shape index (κ2) is 8.13. The van der Waals surface area contributed by atoms with Gasteiger partial charge >= 0.3 is 0 Å². The molecule has 0 bridgehead atoms. The van der Waals surface area contributed by atoms with E-state index in [1.165, 1.54) is 12.1 Å². The predicted molar refractivity (Wildman–Crippen MR) is 93.5 cm³/mol. The summed E-state index contributed by atoms with van der Waals surface area (Å²) in [4.78, 5) is 14.0. The van der Waals surface area contributed by atoms with Crippen molar-refractivity contribution in [3.63, 3.8) is 0 Å². The molecule has 1 rings (SSSR count). The molecule has 0 radical (unpaired) electrons. The van der Waals surface area contributed by atoms with Crippen LogP contribution in [0.4, 0.5) is 0 Å². The Morgan fingerprint density at radius 2 is 1.78 bits per heavy atom. The minimum Gasteiger partial charge on any atom is -0.350 e. The van der Waals surface area contributed by atoms with Crippen LogP contribution >= 0.6 is 11.6 Å². The number of hydrogen-bond donors (Lipinski definition) is 1. The zero-order valence-corrected chi connectivity index (χ0v) is 15.7. The number of likely N-dealkylation sites (N-methyl/N-ethyl adjacent to an activating group) is 1. The first-order chi connectivity index (χ1) is 10.5. The minimum atomic E-state index is -3.39. The fraction of sp³-hybridized carbons (Fsp3) is 0.562. The van der Waals surface area contributed by atoms with Gasteiger partial charge in [0.1, 0.15) is 0 Å². The van der Waals surface area contributed by atoms with Gasteiger partial charge in [0.25, 0.3) is 0 Å². The van der Waals surface area contributed by atoms with Crippen LogP contribution in [0.15, 0.2) is 29.2 Å². The molecule has 0 fully saturated rings. The third-order valence-corrected chi connectivity index (χ3v) is 5.14. The van der Waals surface area contributed by atoms with Crippen LogP contribution < -0.4 is 5.32 Å². The van der Waals surface area contributed by atoms with Crippen molar-refractivity contribution in [2.45, 2.75) is 38.1 Å². The zero-order valence-electron chi connectivity index (χ0n) is 14.1. The molecule has 0 aliphatic carbocycles. The molecule has 7 heteroatoms. The van der Waals surface area contributed by atoms with Crippen LogP contribution in [0, 0.1) is 0 Å². The molecule has 1 amide bonds. The summed E-state index contributed by atoms with van der Waals surface area (Å²) in [6.07, 6.45) is 0. The van der Waals surface area contributed by atoms with Gasteiger partial charge in [-0.05, 0) is 51.6 Å². The van der Waals surface area contributed by atoms with Crippen molar-refractivity contribution < 1.29 is 13.2 Å². The Kier molecular flexibility index (Phi) is 7.04. The number of halogens is 1. The summed E-state index contributed by atoms with van der Waals surface area (Å²) in [6, 6.07) is 6.12. The Labute approximate surface area is 143 Å². The molecule has 0 saturated carbocycles. The molecular formula is C16H25ClN2O3S. The van der Waals surface area contributed by atoms with Crippen molar-refractivity contribution in [1.29, 1.82) is 0 Å². The quantitative estimate of drug-likeness (QED) is 0.810. The van der Waals surface area contributed by atoms with Crippen molar-refractivity contribution in [3.8, 4) is 0 Å². The average Bonchev–Trinajstić information content (AvgIpc) is 2.42. The lowest BCUT2D eigenvalue weighted by atomic mass is 10.1. The fourth-order valence-corrected chi connectivity index (χ4v) is 3.43. The number of amides is 1. The normalized spacial score (nSPS) is 12.4. The summed E-state index contributed by atoms with van der Waals surface area (Å²) >= 11 is 5.77. The van der Waals surface area contributed by atoms with E-state index in [4.69, 9.17) is 11.6 Å². The smallest absolute Gasteiger partial charge is 0.234 e. The molecule has 0 aliphatic heterocycles. The van der Waals surface area contributed by atoms with Gasteiger partial charge in [0.2, 0.25) is 5.91 Å². The lowest BCUT2D eigenvalue weighted by Gasteiger charge is -2.24. The first kappa shape index (κ1) is 19.9. The summed E-state index contributed by atoms with van der Waals surface area (Å²) < 4.78 is 24.6. The number of carbonyl (C=O) groups is 1. The fourth-order valence-electron chi connectivity index (χ4n) is 2.02. The van der Waals surface area contributed by atoms with Gasteiger partial charge in [-0.3, -0.25) is 9.69 Å². The van der Waals surface area contributed by atoms with Gasteiger partial charge in [0, 0.05) is 17.1 Å². The van der Waals surface area contributed by atoms with Crippen LogP contribution in [0.3, 0.4) is 0 Å². The molecule has 0 unspecified atom stereocenters. The van der Waals surface area contributed by atoms with Crippen LogP contribution in [0.2, 0.25) is 5.02 Å². The van der Waals surface area contributed by atoms with Gasteiger partial charge in [-0.25, -0.2) is 8.42 Å². The summed E-state index contributed by atoms with van der Waals surface area (Å²) in [5.74, 6) is -0.145. The van der Waals surface area contributed by atoms with E-state index in [9.17, 15) is 13.2 Å². The van der Waals surface area contributed by atoms with Gasteiger partial charge in [0.05, 0.1) is 17.2 Å². The molecule has 0 spiro atoms. The van der Waals surface area contributed by atoms with Gasteiger partial charge in [0.15, 0.2) is 9.84 Å². The molecule has 0 aromatic heterocycles. The monoisotopic (exact) mass is 360 g/mol. The molecule has 0 saturated heterocycles. The van der Waals surface area contributed by atoms with Crippen LogP contribution in [-0.4, -0.2) is 50.2 Å². The van der Waals surface area contributed by atoms with Crippen LogP contribution in [-0.2, 0) is 14.6 Å². The summed E-state index contributed by atoms with van der Waals surface area (Å²) in [5, 5.41) is 3.37. The van der Waals surface area contributed by atoms with Crippen molar-refractivity contribution >= 4 is 27.3 Å². The standard InChI is InChI=1S/C16H25ClN2O3S/c1-5-19(12-15(20)18-16(2,3)4)10-11-23(21,22)14-8-6-13(17)7-9-14/h6-9H,5,10-12H2,1-4H3,(H,18,20). The molecule has 130 valence electrons. The van der Waals surface area contributed by atoms with E-state index in [-0.39, 0.29) is 28.6 Å². The SMILES string of the molecule is CCN(CCS(=O)(=O)c1ccc(Cl)cc1)CC(=O)NC(C)(C)C. The van der Waals surface area contributed by atoms with Crippen LogP contribution in [0.1, 0.15) is 27.7 Å². The molecule has 5 nitrogen and oxygen atoms in total. The largest absolute Gasteiger partial charge is 0.350 e. The average molecular weight is 361 g/mol. The minimum absolute atomic E-state index is 0.0364. The Morgan fingerprint density at radius 1 is 1.22 bits per heavy atom. The molecule has 0 aliphatic rings. The Morgan fingerprint density at radius 3 is 2.26 bits per heavy atom. The van der Waals surface area contributed by atoms with E-state index in [2.05, 4.69) is 5.32 Å². The summed E-state index contributed by atoms with van der Waals surface area (Å²) in [7, 11) is -3.39. The third-order valence-electron chi connectivity index (χ3n) is 3.18. The maximum atomic E-state index is 12.3. The highest BCUT2D eigenvalue weighted by atomic mass is 35.5. The van der Waals surface area contributed by atoms with E-state index in [0.717, 1.165) is 0 Å². The molecule has 1 N–H and O–H groups in total. The Balaban J connectivity index is 2.63. The van der Waals surface area contributed by atoms with E-state index in [1.54, 1.807) is 12.1 Å². The van der Waals surface area contributed by atoms with Crippen LogP contribution in [0.5, 0.6) is 0 Å². The lowest BCUT2D eigenvalue weighted by Crippen LogP contribution is -2.46. The van der Waals surface area contributed by atoms with E-state index in [1.807, 2.05) is 32.6 Å². The van der Waals surface area contributed by atoms with Gasteiger partial charge in [-0.2, -0.15) is 0 Å². The van der Waals surface area contributed by atoms with Crippen molar-refractivity contribution in [2.24, 2.45) is 0 Å². The molecule has 1 aromatic rings.